The lowest BCUT2D eigenvalue weighted by molar-refractivity contribution is -0.137. The quantitative estimate of drug-likeness (QED) is 0.315. The van der Waals surface area contributed by atoms with Gasteiger partial charge in [-0.1, -0.05) is 24.8 Å². The summed E-state index contributed by atoms with van der Waals surface area (Å²) in [6.45, 7) is 13.2. The number of pyridine rings is 1. The molecule has 44 heavy (non-hydrogen) atoms. The summed E-state index contributed by atoms with van der Waals surface area (Å²) < 4.78 is 7.52. The van der Waals surface area contributed by atoms with Crippen molar-refractivity contribution in [3.63, 3.8) is 0 Å². The molecule has 3 atom stereocenters. The van der Waals surface area contributed by atoms with Crippen LogP contribution in [0.4, 0.5) is 16.4 Å². The number of imidazole rings is 1. The predicted molar refractivity (Wildman–Crippen MR) is 167 cm³/mol. The van der Waals surface area contributed by atoms with E-state index in [9.17, 15) is 14.4 Å². The highest BCUT2D eigenvalue weighted by Crippen LogP contribution is 2.38. The molecule has 3 N–H and O–H groups in total. The van der Waals surface area contributed by atoms with Gasteiger partial charge in [-0.3, -0.25) is 14.0 Å². The average Bonchev–Trinajstić information content (AvgIpc) is 3.37. The molecule has 4 heterocycles. The van der Waals surface area contributed by atoms with E-state index >= 15 is 0 Å². The number of rotatable bonds is 5. The first-order chi connectivity index (χ1) is 20.9. The molecule has 4 aromatic rings. The molecule has 3 aromatic heterocycles. The topological polar surface area (TPSA) is 148 Å². The summed E-state index contributed by atoms with van der Waals surface area (Å²) >= 11 is 0. The number of hydrogen-bond acceptors (Lipinski definition) is 8. The number of fused-ring (bicyclic) bond motifs is 1. The first-order valence-electron chi connectivity index (χ1n) is 14.3. The van der Waals surface area contributed by atoms with Crippen molar-refractivity contribution in [3.05, 3.63) is 85.1 Å². The van der Waals surface area contributed by atoms with Gasteiger partial charge in [-0.2, -0.15) is 0 Å². The number of nitrogen functional groups attached to an aromatic ring is 1. The van der Waals surface area contributed by atoms with Crippen molar-refractivity contribution in [1.29, 1.82) is 0 Å². The van der Waals surface area contributed by atoms with Crippen molar-refractivity contribution in [3.8, 4) is 11.3 Å². The fraction of sp³-hybridized carbons (Fsp3) is 0.312. The van der Waals surface area contributed by atoms with Gasteiger partial charge in [0.25, 0.3) is 5.91 Å². The van der Waals surface area contributed by atoms with Crippen LogP contribution < -0.4 is 11.1 Å². The van der Waals surface area contributed by atoms with E-state index in [1.54, 1.807) is 75.3 Å². The largest absolute Gasteiger partial charge is 0.444 e. The van der Waals surface area contributed by atoms with E-state index in [1.165, 1.54) is 6.08 Å². The monoisotopic (exact) mass is 596 g/mol. The Hall–Kier alpha value is -5.26. The molecule has 1 aliphatic heterocycles. The minimum Gasteiger partial charge on any atom is -0.444 e. The third-order valence-electron chi connectivity index (χ3n) is 7.44. The number of benzene rings is 1. The number of hydrogen-bond donors (Lipinski definition) is 2. The Labute approximate surface area is 255 Å². The molecule has 2 unspecified atom stereocenters. The van der Waals surface area contributed by atoms with Crippen LogP contribution in [0.1, 0.15) is 56.8 Å². The van der Waals surface area contributed by atoms with Crippen LogP contribution >= 0.6 is 0 Å². The molecule has 0 aliphatic carbocycles. The summed E-state index contributed by atoms with van der Waals surface area (Å²) in [5, 5.41) is 2.77. The Morgan fingerprint density at radius 3 is 2.43 bits per heavy atom. The Balaban J connectivity index is 1.58. The van der Waals surface area contributed by atoms with E-state index in [0.717, 1.165) is 0 Å². The molecular formula is C32H36N8O4. The molecular weight excluding hydrogens is 560 g/mol. The number of carbonyl (C=O) groups excluding carboxylic acids is 3. The molecule has 0 spiro atoms. The molecule has 0 radical (unpaired) electrons. The number of nitrogens with one attached hydrogen (secondary N) is 1. The van der Waals surface area contributed by atoms with Crippen LogP contribution in [-0.4, -0.2) is 71.3 Å². The van der Waals surface area contributed by atoms with Gasteiger partial charge in [0.1, 0.15) is 40.3 Å². The molecule has 1 aromatic carbocycles. The van der Waals surface area contributed by atoms with Crippen LogP contribution in [0.3, 0.4) is 0 Å². The lowest BCUT2D eigenvalue weighted by Crippen LogP contribution is -2.61. The first-order valence-corrected chi connectivity index (χ1v) is 14.3. The number of amides is 3. The lowest BCUT2D eigenvalue weighted by Gasteiger charge is -2.48. The smallest absolute Gasteiger partial charge is 0.410 e. The highest BCUT2D eigenvalue weighted by Gasteiger charge is 2.45. The molecule has 12 nitrogen and oxygen atoms in total. The highest BCUT2D eigenvalue weighted by atomic mass is 16.6. The molecule has 3 amide bonds. The average molecular weight is 597 g/mol. The normalized spacial score (nSPS) is 18.6. The summed E-state index contributed by atoms with van der Waals surface area (Å²) in [5.41, 5.74) is 7.87. The lowest BCUT2D eigenvalue weighted by atomic mass is 9.98. The van der Waals surface area contributed by atoms with Crippen molar-refractivity contribution in [2.45, 2.75) is 58.3 Å². The van der Waals surface area contributed by atoms with Crippen molar-refractivity contribution < 1.29 is 19.1 Å². The van der Waals surface area contributed by atoms with Crippen LogP contribution in [0.2, 0.25) is 0 Å². The van der Waals surface area contributed by atoms with E-state index in [4.69, 9.17) is 15.5 Å². The number of nitrogens with zero attached hydrogens (tertiary/aromatic N) is 6. The maximum absolute atomic E-state index is 13.3. The molecule has 0 bridgehead atoms. The zero-order chi connectivity index (χ0) is 31.8. The van der Waals surface area contributed by atoms with Gasteiger partial charge in [0.2, 0.25) is 5.91 Å². The van der Waals surface area contributed by atoms with Gasteiger partial charge >= 0.3 is 6.09 Å². The second-order valence-corrected chi connectivity index (χ2v) is 11.7. The van der Waals surface area contributed by atoms with Gasteiger partial charge in [-0.25, -0.2) is 19.7 Å². The third-order valence-corrected chi connectivity index (χ3v) is 7.44. The van der Waals surface area contributed by atoms with E-state index in [1.807, 2.05) is 34.6 Å². The molecule has 1 fully saturated rings. The molecule has 1 saturated heterocycles. The number of anilines is 2. The maximum Gasteiger partial charge on any atom is 0.410 e. The SMILES string of the molecule is C=CC(=O)N1C(C)CN(C(=O)OC(C)(C)C)[C@@H](C)C1c1nc(-c2ccc(C(=O)Nc3ccccn3)cc2)c2c(N)nccn12. The zero-order valence-corrected chi connectivity index (χ0v) is 25.4. The Kier molecular flexibility index (Phi) is 8.09. The summed E-state index contributed by atoms with van der Waals surface area (Å²) in [6.07, 6.45) is 5.68. The minimum atomic E-state index is -0.697. The van der Waals surface area contributed by atoms with Gasteiger partial charge in [-0.05, 0) is 65.0 Å². The Morgan fingerprint density at radius 2 is 1.80 bits per heavy atom. The summed E-state index contributed by atoms with van der Waals surface area (Å²) in [5.74, 6) is 0.573. The van der Waals surface area contributed by atoms with Crippen molar-refractivity contribution >= 4 is 35.1 Å². The molecule has 5 rings (SSSR count). The van der Waals surface area contributed by atoms with Crippen molar-refractivity contribution in [1.82, 2.24) is 29.2 Å². The van der Waals surface area contributed by atoms with E-state index in [0.29, 0.717) is 34.0 Å². The van der Waals surface area contributed by atoms with Gasteiger partial charge in [-0.15, -0.1) is 0 Å². The summed E-state index contributed by atoms with van der Waals surface area (Å²) in [4.78, 5) is 56.2. The van der Waals surface area contributed by atoms with E-state index < -0.39 is 23.8 Å². The van der Waals surface area contributed by atoms with Gasteiger partial charge < -0.3 is 25.6 Å². The van der Waals surface area contributed by atoms with Crippen LogP contribution in [0.25, 0.3) is 16.8 Å². The maximum atomic E-state index is 13.3. The van der Waals surface area contributed by atoms with Gasteiger partial charge in [0.05, 0.1) is 6.04 Å². The third kappa shape index (κ3) is 5.83. The second-order valence-electron chi connectivity index (χ2n) is 11.7. The summed E-state index contributed by atoms with van der Waals surface area (Å²) in [6, 6.07) is 10.6. The molecule has 0 saturated carbocycles. The number of carbonyl (C=O) groups is 3. The standard InChI is InChI=1S/C32H36N8O4/c1-7-24(41)40-19(2)18-39(31(43)44-32(4,5)6)20(3)26(40)29-37-25(27-28(33)35-16-17-38(27)29)21-11-13-22(14-12-21)30(42)36-23-10-8-9-15-34-23/h7-17,19-20,26H,1,18H2,2-6H3,(H2,33,35)(H,34,36,42)/t19?,20-,26?/m0/s1. The number of ether oxygens (including phenoxy) is 1. The van der Waals surface area contributed by atoms with Crippen LogP contribution in [-0.2, 0) is 9.53 Å². The van der Waals surface area contributed by atoms with Gasteiger partial charge in [0, 0.05) is 42.3 Å². The summed E-state index contributed by atoms with van der Waals surface area (Å²) in [7, 11) is 0. The zero-order valence-electron chi connectivity index (χ0n) is 25.4. The van der Waals surface area contributed by atoms with E-state index in [-0.39, 0.29) is 30.2 Å². The van der Waals surface area contributed by atoms with E-state index in [2.05, 4.69) is 21.9 Å². The van der Waals surface area contributed by atoms with Crippen LogP contribution in [0.5, 0.6) is 0 Å². The van der Waals surface area contributed by atoms with Crippen LogP contribution in [0.15, 0.2) is 73.7 Å². The number of nitrogens with two attached hydrogens (primary N) is 1. The number of piperazine rings is 1. The van der Waals surface area contributed by atoms with Crippen molar-refractivity contribution in [2.75, 3.05) is 17.6 Å². The second kappa shape index (κ2) is 11.8. The molecule has 1 aliphatic rings. The minimum absolute atomic E-state index is 0.236. The number of aromatic nitrogens is 4. The molecule has 228 valence electrons. The Morgan fingerprint density at radius 1 is 1.07 bits per heavy atom. The Bertz CT molecular complexity index is 1710. The van der Waals surface area contributed by atoms with Gasteiger partial charge in [0.15, 0.2) is 0 Å². The highest BCUT2D eigenvalue weighted by molar-refractivity contribution is 6.04. The molecule has 12 heteroatoms. The van der Waals surface area contributed by atoms with Crippen LogP contribution in [0, 0.1) is 0 Å². The first kappa shape index (κ1) is 30.2. The fourth-order valence-electron chi connectivity index (χ4n) is 5.48. The van der Waals surface area contributed by atoms with Crippen molar-refractivity contribution in [2.24, 2.45) is 0 Å². The predicted octanol–water partition coefficient (Wildman–Crippen LogP) is 4.71. The fourth-order valence-corrected chi connectivity index (χ4v) is 5.48.